The highest BCUT2D eigenvalue weighted by Gasteiger charge is 2.20. The molecule has 5 aromatic carbocycles. The molecule has 0 aliphatic carbocycles. The number of aromatic nitrogens is 15. The van der Waals surface area contributed by atoms with Gasteiger partial charge in [-0.3, -0.25) is 29.8 Å². The van der Waals surface area contributed by atoms with Crippen molar-refractivity contribution in [3.8, 4) is 57.3 Å². The minimum Gasteiger partial charge on any atom is -0.368 e. The van der Waals surface area contributed by atoms with E-state index in [4.69, 9.17) is 5.73 Å². The number of carbonyl (C=O) groups excluding carboxylic acids is 1. The number of para-hydroxylation sites is 4. The summed E-state index contributed by atoms with van der Waals surface area (Å²) in [6, 6.07) is 58.2. The first-order chi connectivity index (χ1) is 39.8. The second-order valence-corrected chi connectivity index (χ2v) is 20.3. The molecule has 0 aliphatic heterocycles. The fraction of sp³-hybridized carbons (Fsp3) is 0.100. The highest BCUT2D eigenvalue weighted by Crippen LogP contribution is 2.24. The first-order valence-corrected chi connectivity index (χ1v) is 28.8. The molecular weight excluding hydrogens is 1170 g/mol. The molecule has 83 heavy (non-hydrogen) atoms. The Kier molecular flexibility index (Phi) is 21.9. The van der Waals surface area contributed by atoms with Crippen molar-refractivity contribution >= 4 is 65.0 Å². The summed E-state index contributed by atoms with van der Waals surface area (Å²) < 4.78 is 7.49. The lowest BCUT2D eigenvalue weighted by Gasteiger charge is -2.08. The van der Waals surface area contributed by atoms with Gasteiger partial charge in [-0.25, -0.2) is 19.3 Å². The van der Waals surface area contributed by atoms with Gasteiger partial charge in [0.25, 0.3) is 5.91 Å². The smallest absolute Gasteiger partial charge is 0.258 e. The van der Waals surface area contributed by atoms with Gasteiger partial charge in [0.15, 0.2) is 0 Å². The maximum absolute atomic E-state index is 12.8. The number of aryl methyl sites for hydroxylation is 6. The second kappa shape index (κ2) is 29.8. The van der Waals surface area contributed by atoms with E-state index in [1.807, 2.05) is 222 Å². The minimum atomic E-state index is -0.230. The van der Waals surface area contributed by atoms with Crippen LogP contribution in [0.5, 0.6) is 0 Å². The number of amides is 1. The molecule has 0 radical (unpaired) electrons. The summed E-state index contributed by atoms with van der Waals surface area (Å²) >= 11 is 11.5. The largest absolute Gasteiger partial charge is 0.368 e. The lowest BCUT2D eigenvalue weighted by Crippen LogP contribution is -2.16. The molecule has 12 rings (SSSR count). The van der Waals surface area contributed by atoms with Crippen LogP contribution in [-0.4, -0.2) is 79.9 Å². The zero-order chi connectivity index (χ0) is 58.0. The van der Waals surface area contributed by atoms with Crippen LogP contribution in [0.25, 0.3) is 57.3 Å². The number of benzene rings is 5. The quantitative estimate of drug-likeness (QED) is 0.137. The summed E-state index contributed by atoms with van der Waals surface area (Å²) in [6.45, 7) is 11.7. The van der Waals surface area contributed by atoms with Crippen LogP contribution in [0.1, 0.15) is 45.7 Å². The summed E-state index contributed by atoms with van der Waals surface area (Å²) in [4.78, 5) is 43.4. The third kappa shape index (κ3) is 15.9. The summed E-state index contributed by atoms with van der Waals surface area (Å²) in [7, 11) is 0.917. The predicted octanol–water partition coefficient (Wildman–Crippen LogP) is 12.1. The van der Waals surface area contributed by atoms with Gasteiger partial charge in [-0.15, -0.1) is 20.4 Å². The fourth-order valence-corrected chi connectivity index (χ4v) is 8.47. The lowest BCUT2D eigenvalue weighted by atomic mass is 10.1. The van der Waals surface area contributed by atoms with Crippen molar-refractivity contribution in [1.82, 2.24) is 74.0 Å². The molecule has 0 fully saturated rings. The van der Waals surface area contributed by atoms with Gasteiger partial charge in [0.2, 0.25) is 34.1 Å². The molecule has 1 amide bonds. The van der Waals surface area contributed by atoms with Gasteiger partial charge in [-0.1, -0.05) is 109 Å². The molecule has 12 aromatic rings. The van der Waals surface area contributed by atoms with Crippen molar-refractivity contribution in [1.29, 1.82) is 0 Å². The molecular formula is C60H57BrFN17OS3. The van der Waals surface area contributed by atoms with Crippen molar-refractivity contribution in [2.75, 3.05) is 11.1 Å². The summed E-state index contributed by atoms with van der Waals surface area (Å²) in [5, 5.41) is 20.7. The molecule has 0 aliphatic rings. The van der Waals surface area contributed by atoms with E-state index < -0.39 is 0 Å². The van der Waals surface area contributed by atoms with E-state index in [0.717, 1.165) is 76.9 Å². The van der Waals surface area contributed by atoms with Gasteiger partial charge < -0.3 is 5.73 Å². The molecule has 0 atom stereocenters. The van der Waals surface area contributed by atoms with Crippen LogP contribution in [-0.2, 0) is 31.3 Å². The van der Waals surface area contributed by atoms with Crippen LogP contribution in [0.3, 0.4) is 0 Å². The number of anilines is 2. The molecule has 18 nitrogen and oxygen atoms in total. The Morgan fingerprint density at radius 3 is 1.24 bits per heavy atom. The van der Waals surface area contributed by atoms with E-state index in [9.17, 15) is 4.79 Å². The van der Waals surface area contributed by atoms with E-state index in [0.29, 0.717) is 45.4 Å². The molecule has 7 aromatic heterocycles. The molecule has 0 bridgehead atoms. The van der Waals surface area contributed by atoms with E-state index in [1.165, 1.54) is 0 Å². The molecule has 0 saturated carbocycles. The number of halogens is 2. The molecule has 0 spiro atoms. The SMILES string of the molecule is Cc1ccccc1C(=O)Nc1nc(-c2ncccc2C)nn1-c1ccccc1.Cc1cccnc1-c1nc(C)n(-c2ccccc2)n1.Cc1cccnc1-c1nc(N)n(-c2ccccc2)n1.Cc1nc(Br)nn1-c1ccccc1.F.S=S=S.[HH]. The van der Waals surface area contributed by atoms with Crippen molar-refractivity contribution in [2.24, 2.45) is 0 Å². The number of hydrogen-bond acceptors (Lipinski definition) is 15. The Labute approximate surface area is 501 Å². The summed E-state index contributed by atoms with van der Waals surface area (Å²) in [5.41, 5.74) is 16.5. The summed E-state index contributed by atoms with van der Waals surface area (Å²) in [6.07, 6.45) is 5.19. The first kappa shape index (κ1) is 61.1. The maximum atomic E-state index is 12.8. The van der Waals surface area contributed by atoms with Crippen LogP contribution in [0, 0.1) is 41.5 Å². The maximum Gasteiger partial charge on any atom is 0.258 e. The molecule has 7 heterocycles. The fourth-order valence-electron chi connectivity index (χ4n) is 8.06. The molecule has 0 saturated heterocycles. The average Bonchev–Trinajstić information content (AvgIpc) is 3.99. The van der Waals surface area contributed by atoms with E-state index in [-0.39, 0.29) is 12.0 Å². The highest BCUT2D eigenvalue weighted by atomic mass is 79.9. The average molecular weight is 1230 g/mol. The van der Waals surface area contributed by atoms with E-state index >= 15 is 0 Å². The van der Waals surface area contributed by atoms with Gasteiger partial charge in [-0.05, 0) is 153 Å². The molecule has 3 N–H and O–H groups in total. The number of nitrogens with one attached hydrogen (secondary N) is 1. The van der Waals surface area contributed by atoms with E-state index in [1.54, 1.807) is 38.7 Å². The highest BCUT2D eigenvalue weighted by molar-refractivity contribution is 9.10. The Balaban J connectivity index is 0.000000181. The number of nitrogens with two attached hydrogens (primary N) is 1. The number of nitrogens with zero attached hydrogens (tertiary/aromatic N) is 15. The normalized spacial score (nSPS) is 10.2. The van der Waals surface area contributed by atoms with Gasteiger partial charge in [0, 0.05) is 56.8 Å². The molecule has 23 heteroatoms. The third-order valence-corrected chi connectivity index (χ3v) is 12.4. The number of carbonyl (C=O) groups is 1. The zero-order valence-corrected chi connectivity index (χ0v) is 49.8. The number of pyridine rings is 3. The number of nitrogen functional groups attached to an aromatic ring is 1. The van der Waals surface area contributed by atoms with Crippen LogP contribution in [0.15, 0.2) is 205 Å². The van der Waals surface area contributed by atoms with Crippen molar-refractivity contribution in [3.63, 3.8) is 0 Å². The van der Waals surface area contributed by atoms with Crippen molar-refractivity contribution < 1.29 is 10.9 Å². The van der Waals surface area contributed by atoms with Crippen LogP contribution < -0.4 is 11.1 Å². The minimum absolute atomic E-state index is 0. The lowest BCUT2D eigenvalue weighted by molar-refractivity contribution is 0.102. The Bertz CT molecular complexity index is 3960. The summed E-state index contributed by atoms with van der Waals surface area (Å²) in [5.74, 6) is 3.86. The van der Waals surface area contributed by atoms with E-state index in [2.05, 4.69) is 98.9 Å². The van der Waals surface area contributed by atoms with Crippen LogP contribution >= 0.6 is 15.9 Å². The van der Waals surface area contributed by atoms with Crippen molar-refractivity contribution in [3.05, 3.63) is 245 Å². The number of rotatable bonds is 9. The van der Waals surface area contributed by atoms with Gasteiger partial charge in [0.05, 0.1) is 22.7 Å². The first-order valence-electron chi connectivity index (χ1n) is 25.3. The van der Waals surface area contributed by atoms with Crippen LogP contribution in [0.2, 0.25) is 0 Å². The number of hydrogen-bond donors (Lipinski definition) is 2. The third-order valence-electron chi connectivity index (χ3n) is 12.0. The van der Waals surface area contributed by atoms with Gasteiger partial charge in [0.1, 0.15) is 28.7 Å². The topological polar surface area (TPSA) is 217 Å². The van der Waals surface area contributed by atoms with Gasteiger partial charge >= 0.3 is 0 Å². The Hall–Kier alpha value is -9.55. The standard InChI is InChI=1S/C22H19N5O.C15H14N4.C14H13N5.C9H8BrN3.FH.S3.H2/c1-15-9-6-7-13-18(15)21(28)25-22-24-20(19-16(2)10-8-14-23-19)26-27(22)17-11-4-3-5-12-17;1-11-7-6-10-16-14(11)15-17-12(2)19(18-15)13-8-4-3-5-9-13;1-10-6-5-9-16-12(10)13-17-14(15)19(18-13)11-7-3-2-4-8-11;1-7-11-9(10)12-13(7)8-5-3-2-4-6-8;;1-3-2;/h3-14H,1-2H3,(H,24,25,26,28);3-10H,1-2H3;2-9H,1H3,(H2,15,17,18);2-6H,1H3;1H;;1H. The Morgan fingerprint density at radius 1 is 0.458 bits per heavy atom. The van der Waals surface area contributed by atoms with Crippen molar-refractivity contribution in [2.45, 2.75) is 41.5 Å². The Morgan fingerprint density at radius 2 is 0.807 bits per heavy atom. The van der Waals surface area contributed by atoms with Gasteiger partial charge in [-0.2, -0.15) is 19.3 Å². The molecule has 420 valence electrons. The monoisotopic (exact) mass is 1230 g/mol. The zero-order valence-electron chi connectivity index (χ0n) is 45.8. The molecule has 0 unspecified atom stereocenters. The predicted molar refractivity (Wildman–Crippen MR) is 337 cm³/mol. The van der Waals surface area contributed by atoms with Crippen LogP contribution in [0.4, 0.5) is 16.6 Å². The second-order valence-electron chi connectivity index (χ2n) is 17.8.